The van der Waals surface area contributed by atoms with Gasteiger partial charge in [-0.05, 0) is 44.8 Å². The summed E-state index contributed by atoms with van der Waals surface area (Å²) < 4.78 is 5.75. The molecule has 0 amide bonds. The third-order valence-electron chi connectivity index (χ3n) is 3.96. The number of guanidine groups is 1. The summed E-state index contributed by atoms with van der Waals surface area (Å²) in [5, 5.41) is 6.81. The Labute approximate surface area is 121 Å². The lowest BCUT2D eigenvalue weighted by molar-refractivity contribution is 0.0794. The zero-order valence-corrected chi connectivity index (χ0v) is 13.0. The molecule has 2 rings (SSSR count). The number of hydrogen-bond donors (Lipinski definition) is 2. The van der Waals surface area contributed by atoms with Crippen LogP contribution in [0.25, 0.3) is 0 Å². The van der Waals surface area contributed by atoms with Crippen LogP contribution in [0.2, 0.25) is 0 Å². The molecule has 2 N–H and O–H groups in total. The van der Waals surface area contributed by atoms with Gasteiger partial charge in [0.25, 0.3) is 0 Å². The molecule has 5 heteroatoms. The van der Waals surface area contributed by atoms with Crippen molar-refractivity contribution in [3.63, 3.8) is 0 Å². The van der Waals surface area contributed by atoms with Gasteiger partial charge < -0.3 is 15.4 Å². The molecule has 19 heavy (non-hydrogen) atoms. The van der Waals surface area contributed by atoms with Crippen LogP contribution in [-0.4, -0.2) is 49.8 Å². The summed E-state index contributed by atoms with van der Waals surface area (Å²) in [7, 11) is 0. The van der Waals surface area contributed by atoms with Crippen molar-refractivity contribution in [2.45, 2.75) is 37.4 Å². The lowest BCUT2D eigenvalue weighted by Gasteiger charge is -2.34. The van der Waals surface area contributed by atoms with Crippen molar-refractivity contribution in [2.24, 2.45) is 10.9 Å². The predicted octanol–water partition coefficient (Wildman–Crippen LogP) is 1.86. The van der Waals surface area contributed by atoms with Crippen LogP contribution in [0.15, 0.2) is 4.99 Å². The maximum atomic E-state index is 5.48. The summed E-state index contributed by atoms with van der Waals surface area (Å²) in [5.41, 5.74) is 0. The number of ether oxygens (including phenoxy) is 1. The Hall–Kier alpha value is -0.420. The van der Waals surface area contributed by atoms with E-state index in [0.29, 0.717) is 0 Å². The Morgan fingerprint density at radius 3 is 2.63 bits per heavy atom. The van der Waals surface area contributed by atoms with E-state index in [4.69, 9.17) is 9.73 Å². The summed E-state index contributed by atoms with van der Waals surface area (Å²) in [6.45, 7) is 6.75. The quantitative estimate of drug-likeness (QED) is 0.578. The lowest BCUT2D eigenvalue weighted by Crippen LogP contribution is -2.41. The van der Waals surface area contributed by atoms with Gasteiger partial charge in [0.2, 0.25) is 0 Å². The molecule has 0 spiro atoms. The van der Waals surface area contributed by atoms with E-state index >= 15 is 0 Å². The summed E-state index contributed by atoms with van der Waals surface area (Å²) in [5.74, 6) is 1.86. The molecule has 0 unspecified atom stereocenters. The number of thioether (sulfide) groups is 1. The van der Waals surface area contributed by atoms with Crippen molar-refractivity contribution in [1.82, 2.24) is 10.6 Å². The van der Waals surface area contributed by atoms with Crippen LogP contribution in [0.4, 0.5) is 0 Å². The first-order valence-corrected chi connectivity index (χ1v) is 8.65. The highest BCUT2D eigenvalue weighted by Gasteiger charge is 2.31. The third-order valence-corrected chi connectivity index (χ3v) is 5.37. The van der Waals surface area contributed by atoms with Gasteiger partial charge in [-0.25, -0.2) is 0 Å². The molecule has 110 valence electrons. The van der Waals surface area contributed by atoms with Crippen molar-refractivity contribution < 1.29 is 4.74 Å². The molecule has 2 fully saturated rings. The molecule has 1 saturated heterocycles. The standard InChI is InChI=1S/C14H27N3OS/c1-3-15-13(16-10-12-4-5-12)17-11-14(19-2)6-8-18-9-7-14/h12H,3-11H2,1-2H3,(H2,15,16,17). The minimum absolute atomic E-state index is 0.278. The van der Waals surface area contributed by atoms with E-state index in [1.165, 1.54) is 12.8 Å². The van der Waals surface area contributed by atoms with Gasteiger partial charge in [0, 0.05) is 31.1 Å². The van der Waals surface area contributed by atoms with Crippen molar-refractivity contribution in [2.75, 3.05) is 39.1 Å². The second-order valence-corrected chi connectivity index (χ2v) is 6.79. The Morgan fingerprint density at radius 1 is 1.32 bits per heavy atom. The summed E-state index contributed by atoms with van der Waals surface area (Å²) in [6, 6.07) is 0. The molecular weight excluding hydrogens is 258 g/mol. The van der Waals surface area contributed by atoms with E-state index in [0.717, 1.165) is 57.6 Å². The van der Waals surface area contributed by atoms with Crippen molar-refractivity contribution in [1.29, 1.82) is 0 Å². The molecule has 0 bridgehead atoms. The SMILES string of the molecule is CCNC(=NCC1(SC)CCOCC1)NCC1CC1. The van der Waals surface area contributed by atoms with Gasteiger partial charge in [0.05, 0.1) is 6.54 Å². The molecule has 1 aliphatic heterocycles. The van der Waals surface area contributed by atoms with Crippen LogP contribution < -0.4 is 10.6 Å². The minimum atomic E-state index is 0.278. The first-order valence-electron chi connectivity index (χ1n) is 7.43. The third kappa shape index (κ3) is 4.88. The molecule has 0 radical (unpaired) electrons. The number of rotatable bonds is 6. The Kier molecular flexibility index (Phi) is 5.82. The number of aliphatic imine (C=N–C) groups is 1. The van der Waals surface area contributed by atoms with Crippen LogP contribution in [-0.2, 0) is 4.74 Å². The fourth-order valence-electron chi connectivity index (χ4n) is 2.30. The van der Waals surface area contributed by atoms with E-state index in [-0.39, 0.29) is 4.75 Å². The molecule has 4 nitrogen and oxygen atoms in total. The fraction of sp³-hybridized carbons (Fsp3) is 0.929. The first kappa shape index (κ1) is 15.0. The van der Waals surface area contributed by atoms with E-state index in [2.05, 4.69) is 23.8 Å². The fourth-order valence-corrected chi connectivity index (χ4v) is 3.07. The molecule has 0 aromatic carbocycles. The van der Waals surface area contributed by atoms with Gasteiger partial charge in [-0.1, -0.05) is 0 Å². The zero-order chi connectivity index (χ0) is 13.6. The van der Waals surface area contributed by atoms with Gasteiger partial charge in [0.15, 0.2) is 5.96 Å². The maximum absolute atomic E-state index is 5.48. The zero-order valence-electron chi connectivity index (χ0n) is 12.2. The molecule has 1 aliphatic carbocycles. The topological polar surface area (TPSA) is 45.7 Å². The summed E-state index contributed by atoms with van der Waals surface area (Å²) >= 11 is 1.95. The molecular formula is C14H27N3OS. The molecule has 1 heterocycles. The minimum Gasteiger partial charge on any atom is -0.381 e. The van der Waals surface area contributed by atoms with Crippen molar-refractivity contribution in [3.05, 3.63) is 0 Å². The highest BCUT2D eigenvalue weighted by Crippen LogP contribution is 2.34. The second-order valence-electron chi connectivity index (χ2n) is 5.52. The number of nitrogens with zero attached hydrogens (tertiary/aromatic N) is 1. The van der Waals surface area contributed by atoms with Crippen LogP contribution in [0.5, 0.6) is 0 Å². The molecule has 1 saturated carbocycles. The highest BCUT2D eigenvalue weighted by molar-refractivity contribution is 8.00. The van der Waals surface area contributed by atoms with Crippen molar-refractivity contribution >= 4 is 17.7 Å². The van der Waals surface area contributed by atoms with Crippen molar-refractivity contribution in [3.8, 4) is 0 Å². The summed E-state index contributed by atoms with van der Waals surface area (Å²) in [4.78, 5) is 4.80. The summed E-state index contributed by atoms with van der Waals surface area (Å²) in [6.07, 6.45) is 7.17. The van der Waals surface area contributed by atoms with Gasteiger partial charge in [-0.3, -0.25) is 4.99 Å². The van der Waals surface area contributed by atoms with Gasteiger partial charge in [0.1, 0.15) is 0 Å². The predicted molar refractivity (Wildman–Crippen MR) is 83.0 cm³/mol. The average Bonchev–Trinajstić information content (AvgIpc) is 3.27. The number of nitrogens with one attached hydrogen (secondary N) is 2. The average molecular weight is 285 g/mol. The Balaban J connectivity index is 1.86. The molecule has 0 aromatic heterocycles. The highest BCUT2D eigenvalue weighted by atomic mass is 32.2. The van der Waals surface area contributed by atoms with E-state index in [9.17, 15) is 0 Å². The van der Waals surface area contributed by atoms with Gasteiger partial charge in [-0.2, -0.15) is 11.8 Å². The van der Waals surface area contributed by atoms with Gasteiger partial charge >= 0.3 is 0 Å². The van der Waals surface area contributed by atoms with E-state index in [1.807, 2.05) is 11.8 Å². The number of hydrogen-bond acceptors (Lipinski definition) is 3. The van der Waals surface area contributed by atoms with Gasteiger partial charge in [-0.15, -0.1) is 0 Å². The lowest BCUT2D eigenvalue weighted by atomic mass is 9.99. The van der Waals surface area contributed by atoms with Crippen LogP contribution in [0.3, 0.4) is 0 Å². The van der Waals surface area contributed by atoms with Crippen LogP contribution in [0, 0.1) is 5.92 Å². The molecule has 0 aromatic rings. The molecule has 0 atom stereocenters. The Morgan fingerprint density at radius 2 is 2.05 bits per heavy atom. The van der Waals surface area contributed by atoms with E-state index in [1.54, 1.807) is 0 Å². The van der Waals surface area contributed by atoms with Crippen LogP contribution in [0.1, 0.15) is 32.6 Å². The normalized spacial score (nSPS) is 23.2. The Bertz CT molecular complexity index is 299. The largest absolute Gasteiger partial charge is 0.381 e. The first-order chi connectivity index (χ1) is 9.28. The molecule has 2 aliphatic rings. The van der Waals surface area contributed by atoms with Crippen LogP contribution >= 0.6 is 11.8 Å². The maximum Gasteiger partial charge on any atom is 0.191 e. The second kappa shape index (κ2) is 7.39. The smallest absolute Gasteiger partial charge is 0.191 e. The van der Waals surface area contributed by atoms with E-state index < -0.39 is 0 Å². The monoisotopic (exact) mass is 285 g/mol.